The number of ether oxygens (including phenoxy) is 4. The van der Waals surface area contributed by atoms with Crippen molar-refractivity contribution in [1.82, 2.24) is 25.3 Å². The van der Waals surface area contributed by atoms with Gasteiger partial charge in [-0.25, -0.2) is 4.39 Å². The number of morpholine rings is 3. The minimum absolute atomic E-state index is 0.00510. The summed E-state index contributed by atoms with van der Waals surface area (Å²) in [7, 11) is 0. The molecule has 1 amide bonds. The van der Waals surface area contributed by atoms with Crippen molar-refractivity contribution in [3.05, 3.63) is 11.8 Å². The fraction of sp³-hybridized carbons (Fsp3) is 0.889. The predicted molar refractivity (Wildman–Crippen MR) is 176 cm³/mol. The number of hydrogen-bond acceptors (Lipinski definition) is 10. The summed E-state index contributed by atoms with van der Waals surface area (Å²) >= 11 is 0. The van der Waals surface area contributed by atoms with E-state index in [1.165, 1.54) is 19.3 Å². The number of nitrogens with zero attached hydrogens (tertiary/aromatic N) is 3. The molecule has 0 aromatic heterocycles. The van der Waals surface area contributed by atoms with Gasteiger partial charge in [0.05, 0.1) is 74.5 Å². The first-order chi connectivity index (χ1) is 23.5. The number of Topliss-reactive ketones (excluding diaryl/α,β-unsaturated/α-hetero) is 1. The lowest BCUT2D eigenvalue weighted by Gasteiger charge is -2.60. The molecule has 48 heavy (non-hydrogen) atoms. The van der Waals surface area contributed by atoms with Gasteiger partial charge in [0.2, 0.25) is 0 Å². The van der Waals surface area contributed by atoms with Crippen LogP contribution in [0.4, 0.5) is 4.39 Å². The number of carbonyl (C=O) groups excluding carboxylic acids is 2. The second-order valence-corrected chi connectivity index (χ2v) is 15.6. The maximum atomic E-state index is 16.3. The van der Waals surface area contributed by atoms with Crippen LogP contribution in [0, 0.1) is 17.8 Å². The molecular formula is C36H56FN5O6. The zero-order valence-electron chi connectivity index (χ0n) is 28.4. The third kappa shape index (κ3) is 6.72. The fourth-order valence-corrected chi connectivity index (χ4v) is 10.5. The number of fused-ring (bicyclic) bond motifs is 5. The Morgan fingerprint density at radius 2 is 1.54 bits per heavy atom. The van der Waals surface area contributed by atoms with Crippen molar-refractivity contribution in [2.24, 2.45) is 17.8 Å². The van der Waals surface area contributed by atoms with E-state index in [0.29, 0.717) is 31.0 Å². The second kappa shape index (κ2) is 14.9. The van der Waals surface area contributed by atoms with E-state index in [2.05, 4.69) is 25.3 Å². The van der Waals surface area contributed by atoms with Crippen LogP contribution in [0.15, 0.2) is 11.8 Å². The van der Waals surface area contributed by atoms with Crippen molar-refractivity contribution in [2.45, 2.75) is 107 Å². The maximum Gasteiger partial charge on any atom is 0.256 e. The summed E-state index contributed by atoms with van der Waals surface area (Å²) in [4.78, 5) is 34.7. The van der Waals surface area contributed by atoms with Crippen LogP contribution in [0.1, 0.15) is 57.8 Å². The molecule has 268 valence electrons. The number of alkyl halides is 1. The normalized spacial score (nSPS) is 41.5. The van der Waals surface area contributed by atoms with Crippen molar-refractivity contribution in [3.8, 4) is 0 Å². The quantitative estimate of drug-likeness (QED) is 0.262. The van der Waals surface area contributed by atoms with Crippen molar-refractivity contribution < 1.29 is 32.9 Å². The molecule has 3 saturated carbocycles. The van der Waals surface area contributed by atoms with Gasteiger partial charge in [0.1, 0.15) is 6.17 Å². The minimum Gasteiger partial charge on any atom is -0.379 e. The Bertz CT molecular complexity index is 1180. The van der Waals surface area contributed by atoms with Gasteiger partial charge in [-0.2, -0.15) is 0 Å². The molecule has 8 aliphatic rings. The third-order valence-corrected chi connectivity index (χ3v) is 12.9. The number of nitrogens with one attached hydrogen (secondary N) is 2. The van der Waals surface area contributed by atoms with Crippen LogP contribution in [0.25, 0.3) is 0 Å². The zero-order valence-corrected chi connectivity index (χ0v) is 28.4. The molecule has 12 heteroatoms. The van der Waals surface area contributed by atoms with E-state index in [-0.39, 0.29) is 48.0 Å². The minimum atomic E-state index is -1.23. The Morgan fingerprint density at radius 3 is 2.29 bits per heavy atom. The molecule has 11 unspecified atom stereocenters. The molecule has 0 spiro atoms. The summed E-state index contributed by atoms with van der Waals surface area (Å²) in [6, 6.07) is -0.776. The maximum absolute atomic E-state index is 16.3. The Kier molecular flexibility index (Phi) is 10.4. The fourth-order valence-electron chi connectivity index (χ4n) is 10.5. The van der Waals surface area contributed by atoms with Gasteiger partial charge >= 0.3 is 0 Å². The average molecular weight is 674 g/mol. The molecule has 0 aromatic rings. The highest BCUT2D eigenvalue weighted by Crippen LogP contribution is 2.52. The van der Waals surface area contributed by atoms with E-state index < -0.39 is 24.2 Å². The van der Waals surface area contributed by atoms with E-state index >= 15 is 4.39 Å². The first-order valence-corrected chi connectivity index (χ1v) is 19.2. The van der Waals surface area contributed by atoms with Crippen LogP contribution in [-0.2, 0) is 28.5 Å². The van der Waals surface area contributed by atoms with Crippen LogP contribution >= 0.6 is 0 Å². The summed E-state index contributed by atoms with van der Waals surface area (Å²) in [6.45, 7) is 9.73. The first kappa shape index (κ1) is 33.5. The average Bonchev–Trinajstić information content (AvgIpc) is 3.48. The molecule has 2 N–H and O–H groups in total. The number of rotatable bonds is 10. The molecule has 0 aromatic carbocycles. The molecule has 0 radical (unpaired) electrons. The van der Waals surface area contributed by atoms with Crippen molar-refractivity contribution in [2.75, 3.05) is 78.8 Å². The van der Waals surface area contributed by atoms with Gasteiger partial charge in [-0.3, -0.25) is 19.4 Å². The summed E-state index contributed by atoms with van der Waals surface area (Å²) in [5.74, 6) is -0.153. The van der Waals surface area contributed by atoms with E-state index in [0.717, 1.165) is 97.8 Å². The van der Waals surface area contributed by atoms with Gasteiger partial charge in [0.15, 0.2) is 5.78 Å². The molecule has 7 fully saturated rings. The van der Waals surface area contributed by atoms with E-state index in [9.17, 15) is 9.59 Å². The van der Waals surface area contributed by atoms with Crippen LogP contribution < -0.4 is 10.6 Å². The lowest BCUT2D eigenvalue weighted by atomic mass is 9.67. The third-order valence-electron chi connectivity index (χ3n) is 12.9. The van der Waals surface area contributed by atoms with Crippen LogP contribution in [0.2, 0.25) is 0 Å². The van der Waals surface area contributed by atoms with Crippen LogP contribution in [0.5, 0.6) is 0 Å². The Labute approximate surface area is 284 Å². The Balaban J connectivity index is 0.992. The van der Waals surface area contributed by atoms with Gasteiger partial charge in [-0.05, 0) is 76.4 Å². The van der Waals surface area contributed by atoms with Crippen molar-refractivity contribution in [1.29, 1.82) is 0 Å². The Hall–Kier alpha value is -1.67. The van der Waals surface area contributed by atoms with Gasteiger partial charge in [-0.15, -0.1) is 0 Å². The summed E-state index contributed by atoms with van der Waals surface area (Å²) in [5, 5.41) is 6.59. The smallest absolute Gasteiger partial charge is 0.256 e. The highest BCUT2D eigenvalue weighted by atomic mass is 19.1. The van der Waals surface area contributed by atoms with Gasteiger partial charge < -0.3 is 34.5 Å². The zero-order chi connectivity index (χ0) is 32.6. The number of carbonyl (C=O) groups is 2. The number of halogens is 1. The molecule has 4 saturated heterocycles. The molecule has 8 rings (SSSR count). The van der Waals surface area contributed by atoms with Crippen LogP contribution in [-0.4, -0.2) is 154 Å². The van der Waals surface area contributed by atoms with Gasteiger partial charge in [-0.1, -0.05) is 12.8 Å². The summed E-state index contributed by atoms with van der Waals surface area (Å²) < 4.78 is 40.9. The van der Waals surface area contributed by atoms with Crippen molar-refractivity contribution in [3.63, 3.8) is 0 Å². The molecule has 3 aliphatic carbocycles. The van der Waals surface area contributed by atoms with E-state index in [4.69, 9.17) is 18.9 Å². The molecular weight excluding hydrogens is 617 g/mol. The predicted octanol–water partition coefficient (Wildman–Crippen LogP) is 1.50. The lowest BCUT2D eigenvalue weighted by molar-refractivity contribution is -0.209. The summed E-state index contributed by atoms with van der Waals surface area (Å²) in [6.07, 6.45) is 8.96. The molecule has 11 atom stereocenters. The first-order valence-electron chi connectivity index (χ1n) is 19.2. The number of ketones is 1. The molecule has 5 aliphatic heterocycles. The van der Waals surface area contributed by atoms with Crippen molar-refractivity contribution >= 4 is 11.7 Å². The number of hydrogen-bond donors (Lipinski definition) is 2. The van der Waals surface area contributed by atoms with E-state index in [1.54, 1.807) is 0 Å². The second-order valence-electron chi connectivity index (χ2n) is 15.6. The standard InChI is InChI=1S/C36H56FN5O6/c37-27-19-25-33-35(32(27)38-7-3-9-40-11-15-45-16-12-40)48-31-20-24-23-5-1-2-6-29(23)47-30(24)21-28(31)42(33)22-26(34(25)43)36(44)39-8-4-10-41-13-17-46-18-14-41/h22-25,27-33,35,38H,1-21H2,(H,39,44). The molecule has 5 heterocycles. The van der Waals surface area contributed by atoms with Gasteiger partial charge in [0.25, 0.3) is 5.91 Å². The SMILES string of the molecule is O=C(NCCCN1CCOCC1)C1=CN2C3CC4OC5CCCCC5C4CC3OC3C(NCCCN4CCOCC4)C(F)CC(C1=O)C32. The van der Waals surface area contributed by atoms with Crippen LogP contribution in [0.3, 0.4) is 0 Å². The van der Waals surface area contributed by atoms with Gasteiger partial charge in [0, 0.05) is 44.8 Å². The van der Waals surface area contributed by atoms with E-state index in [1.807, 2.05) is 6.20 Å². The largest absolute Gasteiger partial charge is 0.379 e. The number of amides is 1. The molecule has 11 nitrogen and oxygen atoms in total. The topological polar surface area (TPSA) is 105 Å². The monoisotopic (exact) mass is 673 g/mol. The summed E-state index contributed by atoms with van der Waals surface area (Å²) in [5.41, 5.74) is 0.175. The Morgan fingerprint density at radius 1 is 0.833 bits per heavy atom. The highest BCUT2D eigenvalue weighted by Gasteiger charge is 2.61. The lowest BCUT2D eigenvalue weighted by Crippen LogP contribution is -2.73. The highest BCUT2D eigenvalue weighted by molar-refractivity contribution is 6.20. The molecule has 0 bridgehead atoms.